The molecule has 3 aromatic carbocycles. The van der Waals surface area contributed by atoms with E-state index in [1.54, 1.807) is 0 Å². The van der Waals surface area contributed by atoms with Gasteiger partial charge in [-0.3, -0.25) is 25.7 Å². The van der Waals surface area contributed by atoms with Crippen molar-refractivity contribution in [2.24, 2.45) is 5.10 Å². The number of aryl methyl sites for hydroxylation is 3. The van der Waals surface area contributed by atoms with E-state index in [9.17, 15) is 20.2 Å². The Kier molecular flexibility index (Phi) is 9.05. The fraction of sp³-hybridized carbons (Fsp3) is 0.125. The van der Waals surface area contributed by atoms with Crippen LogP contribution in [0.15, 0.2) is 70.2 Å². The first-order chi connectivity index (χ1) is 15.7. The molecule has 0 radical (unpaired) electrons. The van der Waals surface area contributed by atoms with Gasteiger partial charge in [-0.2, -0.15) is 5.10 Å². The molecular weight excluding hydrogens is 524 g/mol. The van der Waals surface area contributed by atoms with E-state index in [0.29, 0.717) is 5.71 Å². The van der Waals surface area contributed by atoms with Crippen molar-refractivity contribution in [1.82, 2.24) is 0 Å². The fourth-order valence-corrected chi connectivity index (χ4v) is 3.77. The maximum absolute atomic E-state index is 11.5. The van der Waals surface area contributed by atoms with Crippen LogP contribution >= 0.6 is 28.3 Å². The van der Waals surface area contributed by atoms with E-state index < -0.39 is 15.5 Å². The molecule has 0 bridgehead atoms. The van der Waals surface area contributed by atoms with Crippen LogP contribution in [0.4, 0.5) is 17.1 Å². The molecule has 34 heavy (non-hydrogen) atoms. The molecule has 0 amide bonds. The molecule has 0 fully saturated rings. The SMILES string of the molecule is Cc1cc(C)c(C(C=Cc2ccc(Br)cc2)=NNc2ccc([N+](=O)[O-])cc2[N+](=O)[O-])c(C)c1.Cl. The first-order valence-corrected chi connectivity index (χ1v) is 10.7. The number of allylic oxidation sites excluding steroid dienone is 1. The van der Waals surface area contributed by atoms with Gasteiger partial charge in [0.2, 0.25) is 0 Å². The molecule has 0 spiro atoms. The lowest BCUT2D eigenvalue weighted by molar-refractivity contribution is -0.393. The Hall–Kier alpha value is -3.56. The Bertz CT molecular complexity index is 1270. The van der Waals surface area contributed by atoms with E-state index in [1.807, 2.05) is 69.3 Å². The van der Waals surface area contributed by atoms with Crippen LogP contribution in [0.2, 0.25) is 0 Å². The smallest absolute Gasteiger partial charge is 0.271 e. The lowest BCUT2D eigenvalue weighted by atomic mass is 9.95. The minimum absolute atomic E-state index is 0. The number of hydrazone groups is 1. The van der Waals surface area contributed by atoms with E-state index in [0.717, 1.165) is 38.4 Å². The summed E-state index contributed by atoms with van der Waals surface area (Å²) in [7, 11) is 0. The summed E-state index contributed by atoms with van der Waals surface area (Å²) in [6, 6.07) is 15.2. The van der Waals surface area contributed by atoms with E-state index in [4.69, 9.17) is 0 Å². The van der Waals surface area contributed by atoms with Crippen molar-refractivity contribution >= 4 is 57.2 Å². The average molecular weight is 546 g/mol. The van der Waals surface area contributed by atoms with Gasteiger partial charge < -0.3 is 0 Å². The van der Waals surface area contributed by atoms with Crippen molar-refractivity contribution in [3.8, 4) is 0 Å². The normalized spacial score (nSPS) is 11.2. The van der Waals surface area contributed by atoms with Crippen molar-refractivity contribution in [1.29, 1.82) is 0 Å². The number of hydrogen-bond donors (Lipinski definition) is 1. The van der Waals surface area contributed by atoms with Gasteiger partial charge in [-0.05, 0) is 61.7 Å². The lowest BCUT2D eigenvalue weighted by Gasteiger charge is -2.12. The quantitative estimate of drug-likeness (QED) is 0.193. The molecule has 0 saturated carbocycles. The number of nitrogens with one attached hydrogen (secondary N) is 1. The van der Waals surface area contributed by atoms with E-state index in [2.05, 4.69) is 26.5 Å². The van der Waals surface area contributed by atoms with Crippen molar-refractivity contribution in [2.45, 2.75) is 20.8 Å². The number of hydrogen-bond acceptors (Lipinski definition) is 6. The summed E-state index contributed by atoms with van der Waals surface area (Å²) in [6.45, 7) is 5.97. The van der Waals surface area contributed by atoms with E-state index in [1.165, 1.54) is 12.1 Å². The Balaban J connectivity index is 0.00000408. The third kappa shape index (κ3) is 6.49. The van der Waals surface area contributed by atoms with Gasteiger partial charge in [-0.1, -0.05) is 51.8 Å². The summed E-state index contributed by atoms with van der Waals surface area (Å²) in [6.07, 6.45) is 3.73. The number of non-ortho nitro benzene ring substituents is 1. The van der Waals surface area contributed by atoms with Crippen LogP contribution in [0.3, 0.4) is 0 Å². The third-order valence-corrected chi connectivity index (χ3v) is 5.45. The number of anilines is 1. The van der Waals surface area contributed by atoms with Crippen LogP contribution in [-0.4, -0.2) is 15.6 Å². The first kappa shape index (κ1) is 26.7. The highest BCUT2D eigenvalue weighted by molar-refractivity contribution is 9.10. The maximum Gasteiger partial charge on any atom is 0.301 e. The van der Waals surface area contributed by atoms with Crippen LogP contribution < -0.4 is 5.43 Å². The minimum atomic E-state index is -0.676. The van der Waals surface area contributed by atoms with Gasteiger partial charge in [0, 0.05) is 16.1 Å². The zero-order chi connectivity index (χ0) is 24.1. The summed E-state index contributed by atoms with van der Waals surface area (Å²) in [5, 5.41) is 26.9. The highest BCUT2D eigenvalue weighted by Crippen LogP contribution is 2.29. The van der Waals surface area contributed by atoms with Crippen LogP contribution in [0.5, 0.6) is 0 Å². The molecule has 0 aliphatic rings. The molecule has 0 aliphatic heterocycles. The minimum Gasteiger partial charge on any atom is -0.271 e. The van der Waals surface area contributed by atoms with Crippen LogP contribution in [0.25, 0.3) is 6.08 Å². The molecule has 0 aliphatic carbocycles. The standard InChI is InChI=1S/C24H21BrN4O4.ClH/c1-15-12-16(2)24(17(3)13-15)22(10-6-18-4-7-19(25)8-5-18)27-26-21-11-9-20(28(30)31)14-23(21)29(32)33;/h4-14,26H,1-3H3;1H. The average Bonchev–Trinajstić information content (AvgIpc) is 2.75. The van der Waals surface area contributed by atoms with Crippen molar-refractivity contribution in [3.05, 3.63) is 113 Å². The second-order valence-corrected chi connectivity index (χ2v) is 8.40. The maximum atomic E-state index is 11.5. The molecule has 0 aromatic heterocycles. The van der Waals surface area contributed by atoms with E-state index >= 15 is 0 Å². The third-order valence-electron chi connectivity index (χ3n) is 4.92. The summed E-state index contributed by atoms with van der Waals surface area (Å²) in [5.41, 5.74) is 7.55. The Morgan fingerprint density at radius 1 is 0.941 bits per heavy atom. The first-order valence-electron chi connectivity index (χ1n) is 9.94. The van der Waals surface area contributed by atoms with Crippen molar-refractivity contribution in [3.63, 3.8) is 0 Å². The van der Waals surface area contributed by atoms with Crippen LogP contribution in [-0.2, 0) is 0 Å². The molecule has 1 N–H and O–H groups in total. The zero-order valence-electron chi connectivity index (χ0n) is 18.6. The lowest BCUT2D eigenvalue weighted by Crippen LogP contribution is -2.07. The summed E-state index contributed by atoms with van der Waals surface area (Å²) >= 11 is 3.42. The fourth-order valence-electron chi connectivity index (χ4n) is 3.51. The summed E-state index contributed by atoms with van der Waals surface area (Å²) in [5.74, 6) is 0. The molecule has 176 valence electrons. The molecule has 8 nitrogen and oxygen atoms in total. The van der Waals surface area contributed by atoms with Gasteiger partial charge in [0.15, 0.2) is 0 Å². The summed E-state index contributed by atoms with van der Waals surface area (Å²) < 4.78 is 0.964. The Labute approximate surface area is 211 Å². The molecular formula is C24H22BrClN4O4. The largest absolute Gasteiger partial charge is 0.301 e. The highest BCUT2D eigenvalue weighted by Gasteiger charge is 2.19. The molecule has 0 unspecified atom stereocenters. The van der Waals surface area contributed by atoms with Crippen LogP contribution in [0.1, 0.15) is 27.8 Å². The topological polar surface area (TPSA) is 111 Å². The predicted molar refractivity (Wildman–Crippen MR) is 141 cm³/mol. The molecule has 3 aromatic rings. The number of halogens is 2. The van der Waals surface area contributed by atoms with Gasteiger partial charge in [-0.25, -0.2) is 0 Å². The number of rotatable bonds is 7. The van der Waals surface area contributed by atoms with Gasteiger partial charge in [-0.15, -0.1) is 12.4 Å². The molecule has 3 rings (SSSR count). The zero-order valence-corrected chi connectivity index (χ0v) is 21.0. The predicted octanol–water partition coefficient (Wildman–Crippen LogP) is 7.14. The van der Waals surface area contributed by atoms with E-state index in [-0.39, 0.29) is 23.8 Å². The highest BCUT2D eigenvalue weighted by atomic mass is 79.9. The number of nitro groups is 2. The van der Waals surface area contributed by atoms with Crippen LogP contribution in [0, 0.1) is 41.0 Å². The van der Waals surface area contributed by atoms with Gasteiger partial charge in [0.05, 0.1) is 21.6 Å². The molecule has 0 atom stereocenters. The second-order valence-electron chi connectivity index (χ2n) is 7.48. The summed E-state index contributed by atoms with van der Waals surface area (Å²) in [4.78, 5) is 21.1. The second kappa shape index (κ2) is 11.5. The number of benzene rings is 3. The number of nitrogens with zero attached hydrogens (tertiary/aromatic N) is 3. The number of nitro benzene ring substituents is 2. The van der Waals surface area contributed by atoms with Gasteiger partial charge >= 0.3 is 5.69 Å². The Morgan fingerprint density at radius 3 is 2.12 bits per heavy atom. The molecule has 10 heteroatoms. The molecule has 0 heterocycles. The van der Waals surface area contributed by atoms with Crippen molar-refractivity contribution in [2.75, 3.05) is 5.43 Å². The molecule has 0 saturated heterocycles. The monoisotopic (exact) mass is 544 g/mol. The van der Waals surface area contributed by atoms with Gasteiger partial charge in [0.25, 0.3) is 5.69 Å². The Morgan fingerprint density at radius 2 is 1.56 bits per heavy atom. The van der Waals surface area contributed by atoms with Gasteiger partial charge in [0.1, 0.15) is 5.69 Å². The van der Waals surface area contributed by atoms with Crippen molar-refractivity contribution < 1.29 is 9.85 Å².